The van der Waals surface area contributed by atoms with Crippen molar-refractivity contribution in [1.29, 1.82) is 0 Å². The summed E-state index contributed by atoms with van der Waals surface area (Å²) in [6, 6.07) is 5.52. The standard InChI is InChI=1S/C24H34N4O3/c1-26(2)23(30)17-12-13-19-21(15-17)28(24(31)20-11-7-8-14-27(19)20)16-22(29)25-18-9-5-3-4-6-10-18/h12-13,15,18,20H,3-11,14,16H2,1-2H3,(H,25,29)/t20-/m0/s1. The number of carbonyl (C=O) groups is 3. The maximum absolute atomic E-state index is 13.4. The summed E-state index contributed by atoms with van der Waals surface area (Å²) < 4.78 is 0. The van der Waals surface area contributed by atoms with Crippen LogP contribution < -0.4 is 15.1 Å². The van der Waals surface area contributed by atoms with Crippen LogP contribution in [0, 0.1) is 0 Å². The molecule has 2 aliphatic heterocycles. The van der Waals surface area contributed by atoms with Crippen LogP contribution in [0.15, 0.2) is 18.2 Å². The van der Waals surface area contributed by atoms with Crippen molar-refractivity contribution in [2.75, 3.05) is 37.0 Å². The first-order valence-corrected chi connectivity index (χ1v) is 11.7. The van der Waals surface area contributed by atoms with E-state index in [1.54, 1.807) is 25.1 Å². The molecule has 1 atom stereocenters. The lowest BCUT2D eigenvalue weighted by Crippen LogP contribution is -2.57. The van der Waals surface area contributed by atoms with Gasteiger partial charge >= 0.3 is 0 Å². The van der Waals surface area contributed by atoms with Gasteiger partial charge in [-0.15, -0.1) is 0 Å². The van der Waals surface area contributed by atoms with Gasteiger partial charge in [-0.2, -0.15) is 0 Å². The highest BCUT2D eigenvalue weighted by atomic mass is 16.2. The van der Waals surface area contributed by atoms with Crippen molar-refractivity contribution in [1.82, 2.24) is 10.2 Å². The molecule has 0 radical (unpaired) electrons. The number of rotatable bonds is 4. The molecule has 7 nitrogen and oxygen atoms in total. The number of piperidine rings is 1. The number of fused-ring (bicyclic) bond motifs is 3. The van der Waals surface area contributed by atoms with Gasteiger partial charge in [0.1, 0.15) is 12.6 Å². The monoisotopic (exact) mass is 426 g/mol. The van der Waals surface area contributed by atoms with E-state index in [0.717, 1.165) is 57.2 Å². The van der Waals surface area contributed by atoms with Crippen LogP contribution in [0.3, 0.4) is 0 Å². The van der Waals surface area contributed by atoms with Crippen LogP contribution in [0.4, 0.5) is 11.4 Å². The topological polar surface area (TPSA) is 73.0 Å². The predicted octanol–water partition coefficient (Wildman–Crippen LogP) is 2.93. The average molecular weight is 427 g/mol. The summed E-state index contributed by atoms with van der Waals surface area (Å²) in [5, 5.41) is 3.16. The molecule has 1 aliphatic carbocycles. The molecule has 7 heteroatoms. The molecule has 1 saturated carbocycles. The Hall–Kier alpha value is -2.57. The summed E-state index contributed by atoms with van der Waals surface area (Å²) in [5.41, 5.74) is 2.15. The molecule has 1 aromatic carbocycles. The summed E-state index contributed by atoms with van der Waals surface area (Å²) in [5.74, 6) is -0.253. The molecule has 0 bridgehead atoms. The maximum Gasteiger partial charge on any atom is 0.253 e. The van der Waals surface area contributed by atoms with Crippen molar-refractivity contribution in [2.45, 2.75) is 69.9 Å². The first kappa shape index (κ1) is 21.7. The largest absolute Gasteiger partial charge is 0.358 e. The van der Waals surface area contributed by atoms with E-state index in [4.69, 9.17) is 0 Å². The van der Waals surface area contributed by atoms with Crippen molar-refractivity contribution in [3.63, 3.8) is 0 Å². The number of anilines is 2. The molecular weight excluding hydrogens is 392 g/mol. The Morgan fingerprint density at radius 1 is 1.00 bits per heavy atom. The quantitative estimate of drug-likeness (QED) is 0.752. The molecule has 4 rings (SSSR count). The Balaban J connectivity index is 1.61. The van der Waals surface area contributed by atoms with Crippen LogP contribution in [-0.2, 0) is 9.59 Å². The number of nitrogens with zero attached hydrogens (tertiary/aromatic N) is 3. The minimum atomic E-state index is -0.220. The summed E-state index contributed by atoms with van der Waals surface area (Å²) in [6.07, 6.45) is 9.62. The van der Waals surface area contributed by atoms with Crippen LogP contribution >= 0.6 is 0 Å². The fourth-order valence-corrected chi connectivity index (χ4v) is 5.15. The molecule has 0 aromatic heterocycles. The minimum absolute atomic E-state index is 0.00623. The molecule has 1 N–H and O–H groups in total. The number of benzene rings is 1. The first-order chi connectivity index (χ1) is 15.0. The lowest BCUT2D eigenvalue weighted by Gasteiger charge is -2.45. The lowest BCUT2D eigenvalue weighted by atomic mass is 9.95. The Morgan fingerprint density at radius 2 is 1.71 bits per heavy atom. The van der Waals surface area contributed by atoms with Crippen molar-refractivity contribution < 1.29 is 14.4 Å². The molecule has 1 aromatic rings. The third-order valence-corrected chi connectivity index (χ3v) is 6.80. The highest BCUT2D eigenvalue weighted by molar-refractivity contribution is 6.09. The smallest absolute Gasteiger partial charge is 0.253 e. The van der Waals surface area contributed by atoms with Crippen LogP contribution in [-0.4, -0.2) is 61.9 Å². The molecule has 3 aliphatic rings. The second-order valence-corrected chi connectivity index (χ2v) is 9.29. The van der Waals surface area contributed by atoms with Gasteiger partial charge in [0.05, 0.1) is 11.4 Å². The molecule has 168 valence electrons. The van der Waals surface area contributed by atoms with Gasteiger partial charge in [0.25, 0.3) is 5.91 Å². The molecule has 2 fully saturated rings. The third kappa shape index (κ3) is 4.55. The van der Waals surface area contributed by atoms with E-state index in [1.165, 1.54) is 17.7 Å². The van der Waals surface area contributed by atoms with Gasteiger partial charge in [-0.1, -0.05) is 25.7 Å². The van der Waals surface area contributed by atoms with E-state index < -0.39 is 0 Å². The second-order valence-electron chi connectivity index (χ2n) is 9.29. The fourth-order valence-electron chi connectivity index (χ4n) is 5.15. The summed E-state index contributed by atoms with van der Waals surface area (Å²) in [7, 11) is 3.43. The molecule has 31 heavy (non-hydrogen) atoms. The highest BCUT2D eigenvalue weighted by Crippen LogP contribution is 2.40. The van der Waals surface area contributed by atoms with Crippen molar-refractivity contribution >= 4 is 29.1 Å². The second kappa shape index (κ2) is 9.28. The summed E-state index contributed by atoms with van der Waals surface area (Å²) in [4.78, 5) is 44.2. The minimum Gasteiger partial charge on any atom is -0.358 e. The van der Waals surface area contributed by atoms with Gasteiger partial charge in [-0.3, -0.25) is 19.3 Å². The van der Waals surface area contributed by atoms with Gasteiger partial charge < -0.3 is 15.1 Å². The van der Waals surface area contributed by atoms with Gasteiger partial charge in [-0.05, 0) is 50.3 Å². The summed E-state index contributed by atoms with van der Waals surface area (Å²) in [6.45, 7) is 0.832. The maximum atomic E-state index is 13.4. The zero-order chi connectivity index (χ0) is 22.0. The number of nitrogens with one attached hydrogen (secondary N) is 1. The molecule has 0 spiro atoms. The van der Waals surface area contributed by atoms with E-state index in [9.17, 15) is 14.4 Å². The Bertz CT molecular complexity index is 845. The Labute approximate surface area is 184 Å². The van der Waals surface area contributed by atoms with Crippen LogP contribution in [0.2, 0.25) is 0 Å². The number of hydrogen-bond donors (Lipinski definition) is 1. The number of carbonyl (C=O) groups excluding carboxylic acids is 3. The fraction of sp³-hybridized carbons (Fsp3) is 0.625. The lowest BCUT2D eigenvalue weighted by molar-refractivity contribution is -0.125. The van der Waals surface area contributed by atoms with E-state index >= 15 is 0 Å². The van der Waals surface area contributed by atoms with E-state index in [0.29, 0.717) is 11.3 Å². The average Bonchev–Trinajstić information content (AvgIpc) is 3.04. The van der Waals surface area contributed by atoms with Gasteiger partial charge in [0.15, 0.2) is 0 Å². The zero-order valence-corrected chi connectivity index (χ0v) is 18.7. The molecule has 2 heterocycles. The van der Waals surface area contributed by atoms with Crippen molar-refractivity contribution in [2.24, 2.45) is 0 Å². The van der Waals surface area contributed by atoms with Crippen molar-refractivity contribution in [3.05, 3.63) is 23.8 Å². The normalized spacial score (nSPS) is 21.7. The summed E-state index contributed by atoms with van der Waals surface area (Å²) >= 11 is 0. The number of hydrogen-bond acceptors (Lipinski definition) is 4. The molecule has 1 saturated heterocycles. The Kier molecular flexibility index (Phi) is 6.49. The van der Waals surface area contributed by atoms with Crippen molar-refractivity contribution in [3.8, 4) is 0 Å². The van der Waals surface area contributed by atoms with Gasteiger partial charge in [0.2, 0.25) is 11.8 Å². The molecule has 0 unspecified atom stereocenters. The van der Waals surface area contributed by atoms with Gasteiger partial charge in [0, 0.05) is 32.2 Å². The van der Waals surface area contributed by atoms with E-state index in [1.807, 2.05) is 12.1 Å². The van der Waals surface area contributed by atoms with Gasteiger partial charge in [-0.25, -0.2) is 0 Å². The Morgan fingerprint density at radius 3 is 2.42 bits per heavy atom. The SMILES string of the molecule is CN(C)C(=O)c1ccc2c(c1)N(CC(=O)NC1CCCCCC1)C(=O)[C@@H]1CCCCN21. The van der Waals surface area contributed by atoms with Crippen LogP contribution in [0.25, 0.3) is 0 Å². The molecule has 3 amide bonds. The van der Waals surface area contributed by atoms with E-state index in [2.05, 4.69) is 10.2 Å². The zero-order valence-electron chi connectivity index (χ0n) is 18.7. The molecular formula is C24H34N4O3. The number of amides is 3. The first-order valence-electron chi connectivity index (χ1n) is 11.7. The van der Waals surface area contributed by atoms with E-state index in [-0.39, 0.29) is 36.3 Å². The van der Waals surface area contributed by atoms with Crippen LogP contribution in [0.5, 0.6) is 0 Å². The van der Waals surface area contributed by atoms with Crippen LogP contribution in [0.1, 0.15) is 68.1 Å². The predicted molar refractivity (Wildman–Crippen MR) is 121 cm³/mol. The third-order valence-electron chi connectivity index (χ3n) is 6.80. The highest BCUT2D eigenvalue weighted by Gasteiger charge is 2.40.